The minimum absolute atomic E-state index is 0.187. The molecule has 1 aromatic heterocycles. The van der Waals surface area contributed by atoms with E-state index < -0.39 is 12.2 Å². The molecule has 0 spiro atoms. The Balaban J connectivity index is 2.13. The molecule has 1 saturated carbocycles. The summed E-state index contributed by atoms with van der Waals surface area (Å²) in [5.41, 5.74) is 0.475. The van der Waals surface area contributed by atoms with Crippen LogP contribution < -0.4 is 0 Å². The lowest BCUT2D eigenvalue weighted by Crippen LogP contribution is -2.24. The molecule has 2 rings (SSSR count). The van der Waals surface area contributed by atoms with Crippen LogP contribution in [0.2, 0.25) is 5.02 Å². The van der Waals surface area contributed by atoms with Gasteiger partial charge in [-0.15, -0.1) is 0 Å². The van der Waals surface area contributed by atoms with Crippen molar-refractivity contribution < 1.29 is 14.9 Å². The molecule has 96 valence electrons. The summed E-state index contributed by atoms with van der Waals surface area (Å²) < 4.78 is 6.55. The summed E-state index contributed by atoms with van der Waals surface area (Å²) in [6.07, 6.45) is 1.67. The van der Waals surface area contributed by atoms with Gasteiger partial charge >= 0.3 is 0 Å². The third kappa shape index (κ3) is 2.80. The highest BCUT2D eigenvalue weighted by molar-refractivity contribution is 6.31. The fourth-order valence-corrected chi connectivity index (χ4v) is 2.13. The Morgan fingerprint density at radius 1 is 1.59 bits per heavy atom. The normalized spacial score (nSPS) is 19.3. The molecule has 1 aliphatic rings. The highest BCUT2D eigenvalue weighted by Gasteiger charge is 2.37. The van der Waals surface area contributed by atoms with E-state index in [9.17, 15) is 10.2 Å². The first-order valence-electron chi connectivity index (χ1n) is 5.71. The van der Waals surface area contributed by atoms with E-state index in [1.54, 1.807) is 11.8 Å². The summed E-state index contributed by atoms with van der Waals surface area (Å²) in [7, 11) is 1.60. The molecule has 1 aromatic rings. The highest BCUT2D eigenvalue weighted by atomic mass is 35.5. The number of nitrogens with zero attached hydrogens (tertiary/aromatic N) is 2. The average Bonchev–Trinajstić information content (AvgIpc) is 3.10. The topological polar surface area (TPSA) is 67.5 Å². The van der Waals surface area contributed by atoms with Gasteiger partial charge in [-0.25, -0.2) is 0 Å². The summed E-state index contributed by atoms with van der Waals surface area (Å²) in [5.74, 6) is 0.187. The van der Waals surface area contributed by atoms with Crippen LogP contribution in [0.25, 0.3) is 0 Å². The lowest BCUT2D eigenvalue weighted by atomic mass is 10.1. The van der Waals surface area contributed by atoms with Gasteiger partial charge in [0.2, 0.25) is 0 Å². The van der Waals surface area contributed by atoms with Crippen LogP contribution in [-0.2, 0) is 11.3 Å². The monoisotopic (exact) mass is 260 g/mol. The Hall–Kier alpha value is -0.620. The smallest absolute Gasteiger partial charge is 0.123 e. The van der Waals surface area contributed by atoms with E-state index >= 15 is 0 Å². The van der Waals surface area contributed by atoms with Gasteiger partial charge in [-0.05, 0) is 18.8 Å². The van der Waals surface area contributed by atoms with Crippen molar-refractivity contribution >= 4 is 11.6 Å². The zero-order valence-corrected chi connectivity index (χ0v) is 10.5. The second-order valence-corrected chi connectivity index (χ2v) is 4.77. The molecule has 0 aliphatic heterocycles. The Morgan fingerprint density at radius 2 is 2.29 bits per heavy atom. The van der Waals surface area contributed by atoms with Crippen LogP contribution in [0.1, 0.15) is 24.6 Å². The number of aliphatic hydroxyl groups is 2. The molecule has 2 unspecified atom stereocenters. The van der Waals surface area contributed by atoms with E-state index in [-0.39, 0.29) is 5.92 Å². The maximum atomic E-state index is 10.1. The van der Waals surface area contributed by atoms with Crippen molar-refractivity contribution in [2.75, 3.05) is 13.7 Å². The molecule has 1 heterocycles. The van der Waals surface area contributed by atoms with Crippen LogP contribution in [-0.4, -0.2) is 39.8 Å². The quantitative estimate of drug-likeness (QED) is 0.800. The summed E-state index contributed by atoms with van der Waals surface area (Å²) in [6.45, 7) is 0.990. The molecular weight excluding hydrogens is 244 g/mol. The molecule has 17 heavy (non-hydrogen) atoms. The van der Waals surface area contributed by atoms with Crippen molar-refractivity contribution in [2.24, 2.45) is 5.92 Å². The number of hydrogen-bond donors (Lipinski definition) is 2. The number of halogens is 1. The standard InChI is InChI=1S/C11H17ClN2O3/c1-17-5-4-14-9(8(12)6-13-14)11(16)10(15)7-2-3-7/h6-7,10-11,15-16H,2-5H2,1H3. The van der Waals surface area contributed by atoms with Crippen molar-refractivity contribution in [3.8, 4) is 0 Å². The third-order valence-corrected chi connectivity index (χ3v) is 3.34. The number of hydrogen-bond acceptors (Lipinski definition) is 4. The first-order valence-corrected chi connectivity index (χ1v) is 6.09. The Morgan fingerprint density at radius 3 is 2.88 bits per heavy atom. The van der Waals surface area contributed by atoms with E-state index in [1.165, 1.54) is 6.20 Å². The molecule has 5 nitrogen and oxygen atoms in total. The van der Waals surface area contributed by atoms with Gasteiger partial charge in [0.05, 0.1) is 36.2 Å². The molecule has 2 atom stereocenters. The largest absolute Gasteiger partial charge is 0.390 e. The highest BCUT2D eigenvalue weighted by Crippen LogP contribution is 2.39. The fourth-order valence-electron chi connectivity index (χ4n) is 1.88. The van der Waals surface area contributed by atoms with Gasteiger partial charge in [0, 0.05) is 7.11 Å². The Kier molecular flexibility index (Phi) is 4.04. The van der Waals surface area contributed by atoms with Crippen LogP contribution >= 0.6 is 11.6 Å². The molecule has 0 aromatic carbocycles. The molecule has 0 radical (unpaired) electrons. The zero-order valence-electron chi connectivity index (χ0n) is 9.71. The van der Waals surface area contributed by atoms with Crippen molar-refractivity contribution in [2.45, 2.75) is 31.6 Å². The van der Waals surface area contributed by atoms with Crippen molar-refractivity contribution in [3.05, 3.63) is 16.9 Å². The van der Waals surface area contributed by atoms with Gasteiger partial charge in [-0.3, -0.25) is 4.68 Å². The Bertz CT molecular complexity index is 379. The van der Waals surface area contributed by atoms with Crippen molar-refractivity contribution in [1.29, 1.82) is 0 Å². The molecule has 1 aliphatic carbocycles. The average molecular weight is 261 g/mol. The minimum Gasteiger partial charge on any atom is -0.390 e. The van der Waals surface area contributed by atoms with E-state index in [0.717, 1.165) is 12.8 Å². The van der Waals surface area contributed by atoms with Crippen LogP contribution in [0, 0.1) is 5.92 Å². The lowest BCUT2D eigenvalue weighted by Gasteiger charge is -2.19. The summed E-state index contributed by atoms with van der Waals surface area (Å²) in [5, 5.41) is 24.5. The van der Waals surface area contributed by atoms with Crippen LogP contribution in [0.15, 0.2) is 6.20 Å². The van der Waals surface area contributed by atoms with Gasteiger partial charge in [-0.1, -0.05) is 11.6 Å². The molecule has 2 N–H and O–H groups in total. The number of methoxy groups -OCH3 is 1. The van der Waals surface area contributed by atoms with Crippen molar-refractivity contribution in [1.82, 2.24) is 9.78 Å². The predicted octanol–water partition coefficient (Wildman–Crippen LogP) is 0.987. The van der Waals surface area contributed by atoms with Crippen LogP contribution in [0.5, 0.6) is 0 Å². The zero-order chi connectivity index (χ0) is 12.4. The molecule has 0 bridgehead atoms. The maximum absolute atomic E-state index is 10.1. The van der Waals surface area contributed by atoms with Gasteiger partial charge in [0.25, 0.3) is 0 Å². The second-order valence-electron chi connectivity index (χ2n) is 4.37. The first-order chi connectivity index (χ1) is 8.15. The predicted molar refractivity (Wildman–Crippen MR) is 62.8 cm³/mol. The van der Waals surface area contributed by atoms with Gasteiger partial charge in [0.1, 0.15) is 6.10 Å². The maximum Gasteiger partial charge on any atom is 0.123 e. The van der Waals surface area contributed by atoms with E-state index in [1.807, 2.05) is 0 Å². The molecule has 0 saturated heterocycles. The van der Waals surface area contributed by atoms with E-state index in [2.05, 4.69) is 5.10 Å². The first kappa shape index (κ1) is 12.8. The molecule has 6 heteroatoms. The van der Waals surface area contributed by atoms with E-state index in [0.29, 0.717) is 23.9 Å². The van der Waals surface area contributed by atoms with E-state index in [4.69, 9.17) is 16.3 Å². The lowest BCUT2D eigenvalue weighted by molar-refractivity contribution is -0.000728. The second kappa shape index (κ2) is 5.35. The van der Waals surface area contributed by atoms with Gasteiger partial charge in [0.15, 0.2) is 0 Å². The van der Waals surface area contributed by atoms with Crippen LogP contribution in [0.4, 0.5) is 0 Å². The number of ether oxygens (including phenoxy) is 1. The van der Waals surface area contributed by atoms with Crippen molar-refractivity contribution in [3.63, 3.8) is 0 Å². The molecular formula is C11H17ClN2O3. The van der Waals surface area contributed by atoms with Gasteiger partial charge < -0.3 is 14.9 Å². The molecule has 0 amide bonds. The minimum atomic E-state index is -0.977. The summed E-state index contributed by atoms with van der Waals surface area (Å²) >= 11 is 5.99. The molecule has 1 fully saturated rings. The summed E-state index contributed by atoms with van der Waals surface area (Å²) in [6, 6.07) is 0. The number of aromatic nitrogens is 2. The fraction of sp³-hybridized carbons (Fsp3) is 0.727. The summed E-state index contributed by atoms with van der Waals surface area (Å²) in [4.78, 5) is 0. The Labute approximate surface area is 105 Å². The SMILES string of the molecule is COCCn1ncc(Cl)c1C(O)C(O)C1CC1. The third-order valence-electron chi connectivity index (χ3n) is 3.05. The number of aliphatic hydroxyl groups excluding tert-OH is 2. The van der Waals surface area contributed by atoms with Gasteiger partial charge in [-0.2, -0.15) is 5.10 Å². The van der Waals surface area contributed by atoms with Crippen LogP contribution in [0.3, 0.4) is 0 Å². The number of rotatable bonds is 6.